The highest BCUT2D eigenvalue weighted by molar-refractivity contribution is 5.96. The van der Waals surface area contributed by atoms with Crippen LogP contribution in [0.4, 0.5) is 5.69 Å². The first-order valence-corrected chi connectivity index (χ1v) is 6.55. The van der Waals surface area contributed by atoms with Gasteiger partial charge < -0.3 is 10.0 Å². The molecule has 1 N–H and O–H groups in total. The van der Waals surface area contributed by atoms with Gasteiger partial charge in [-0.15, -0.1) is 0 Å². The number of hydrogen-bond acceptors (Lipinski definition) is 4. The SMILES string of the molecule is Cc1ccc([N+](=O)[O-])cc1C(=O)N(CCCO)C(C)C. The number of carbonyl (C=O) groups excluding carboxylic acids is 1. The van der Waals surface area contributed by atoms with Crippen molar-refractivity contribution in [2.45, 2.75) is 33.2 Å². The molecule has 0 aliphatic heterocycles. The molecule has 1 rings (SSSR count). The minimum absolute atomic E-state index is 0.00438. The third-order valence-corrected chi connectivity index (χ3v) is 3.10. The zero-order valence-corrected chi connectivity index (χ0v) is 12.0. The fourth-order valence-corrected chi connectivity index (χ4v) is 1.94. The van der Waals surface area contributed by atoms with Gasteiger partial charge >= 0.3 is 0 Å². The van der Waals surface area contributed by atoms with Gasteiger partial charge in [0, 0.05) is 36.9 Å². The Labute approximate surface area is 118 Å². The maximum atomic E-state index is 12.5. The Bertz CT molecular complexity index is 500. The highest BCUT2D eigenvalue weighted by Gasteiger charge is 2.22. The summed E-state index contributed by atoms with van der Waals surface area (Å²) >= 11 is 0. The van der Waals surface area contributed by atoms with Crippen LogP contribution in [0.25, 0.3) is 0 Å². The average molecular weight is 280 g/mol. The van der Waals surface area contributed by atoms with Gasteiger partial charge in [-0.1, -0.05) is 6.07 Å². The molecule has 0 fully saturated rings. The van der Waals surface area contributed by atoms with Gasteiger partial charge in [-0.2, -0.15) is 0 Å². The number of aliphatic hydroxyl groups is 1. The first kappa shape index (κ1) is 16.1. The molecular formula is C14H20N2O4. The summed E-state index contributed by atoms with van der Waals surface area (Å²) < 4.78 is 0. The topological polar surface area (TPSA) is 83.7 Å². The minimum Gasteiger partial charge on any atom is -0.396 e. The summed E-state index contributed by atoms with van der Waals surface area (Å²) in [5.41, 5.74) is 0.950. The van der Waals surface area contributed by atoms with Crippen molar-refractivity contribution in [3.63, 3.8) is 0 Å². The smallest absolute Gasteiger partial charge is 0.270 e. The molecule has 0 unspecified atom stereocenters. The van der Waals surface area contributed by atoms with Gasteiger partial charge in [-0.25, -0.2) is 0 Å². The molecule has 1 aromatic carbocycles. The van der Waals surface area contributed by atoms with E-state index in [1.54, 1.807) is 17.9 Å². The molecule has 0 heterocycles. The van der Waals surface area contributed by atoms with Crippen LogP contribution in [0.15, 0.2) is 18.2 Å². The maximum absolute atomic E-state index is 12.5. The fraction of sp³-hybridized carbons (Fsp3) is 0.500. The highest BCUT2D eigenvalue weighted by atomic mass is 16.6. The Balaban J connectivity index is 3.10. The number of nitrogens with zero attached hydrogens (tertiary/aromatic N) is 2. The van der Waals surface area contributed by atoms with Crippen LogP contribution in [0, 0.1) is 17.0 Å². The number of aryl methyl sites for hydroxylation is 1. The second kappa shape index (κ2) is 7.00. The fourth-order valence-electron chi connectivity index (χ4n) is 1.94. The van der Waals surface area contributed by atoms with E-state index in [4.69, 9.17) is 5.11 Å². The zero-order valence-electron chi connectivity index (χ0n) is 12.0. The molecule has 110 valence electrons. The van der Waals surface area contributed by atoms with Crippen LogP contribution < -0.4 is 0 Å². The van der Waals surface area contributed by atoms with Crippen LogP contribution in [0.3, 0.4) is 0 Å². The summed E-state index contributed by atoms with van der Waals surface area (Å²) in [4.78, 5) is 24.4. The Morgan fingerprint density at radius 1 is 1.45 bits per heavy atom. The van der Waals surface area contributed by atoms with Crippen LogP contribution in [0.2, 0.25) is 0 Å². The van der Waals surface area contributed by atoms with Crippen LogP contribution >= 0.6 is 0 Å². The lowest BCUT2D eigenvalue weighted by Gasteiger charge is -2.27. The van der Waals surface area contributed by atoms with Crippen LogP contribution in [-0.2, 0) is 0 Å². The quantitative estimate of drug-likeness (QED) is 0.639. The third-order valence-electron chi connectivity index (χ3n) is 3.10. The van der Waals surface area contributed by atoms with E-state index >= 15 is 0 Å². The van der Waals surface area contributed by atoms with Gasteiger partial charge in [0.05, 0.1) is 4.92 Å². The average Bonchev–Trinajstić information content (AvgIpc) is 2.38. The molecule has 6 heteroatoms. The van der Waals surface area contributed by atoms with Crippen molar-refractivity contribution in [3.8, 4) is 0 Å². The number of aliphatic hydroxyl groups excluding tert-OH is 1. The molecule has 1 aromatic rings. The maximum Gasteiger partial charge on any atom is 0.270 e. The molecule has 0 bridgehead atoms. The molecule has 0 radical (unpaired) electrons. The van der Waals surface area contributed by atoms with Gasteiger partial charge in [0.2, 0.25) is 0 Å². The normalized spacial score (nSPS) is 10.7. The number of carbonyl (C=O) groups is 1. The number of rotatable bonds is 6. The molecule has 0 atom stereocenters. The van der Waals surface area contributed by atoms with E-state index in [-0.39, 0.29) is 24.2 Å². The Morgan fingerprint density at radius 2 is 2.10 bits per heavy atom. The number of benzene rings is 1. The Hall–Kier alpha value is -1.95. The summed E-state index contributed by atoms with van der Waals surface area (Å²) in [6, 6.07) is 4.24. The van der Waals surface area contributed by atoms with Gasteiger partial charge in [0.25, 0.3) is 11.6 Å². The summed E-state index contributed by atoms with van der Waals surface area (Å²) in [5, 5.41) is 19.7. The standard InChI is InChI=1S/C14H20N2O4/c1-10(2)15(7-4-8-17)14(18)13-9-12(16(19)20)6-5-11(13)3/h5-6,9-10,17H,4,7-8H2,1-3H3. The predicted molar refractivity (Wildman–Crippen MR) is 75.7 cm³/mol. The van der Waals surface area contributed by atoms with E-state index in [0.29, 0.717) is 24.1 Å². The van der Waals surface area contributed by atoms with E-state index in [9.17, 15) is 14.9 Å². The van der Waals surface area contributed by atoms with Crippen molar-refractivity contribution in [2.24, 2.45) is 0 Å². The lowest BCUT2D eigenvalue weighted by molar-refractivity contribution is -0.384. The van der Waals surface area contributed by atoms with Crippen molar-refractivity contribution in [1.82, 2.24) is 4.90 Å². The Morgan fingerprint density at radius 3 is 2.60 bits per heavy atom. The predicted octanol–water partition coefficient (Wildman–Crippen LogP) is 2.14. The summed E-state index contributed by atoms with van der Waals surface area (Å²) in [6.45, 7) is 5.94. The molecule has 0 saturated heterocycles. The molecule has 0 aliphatic rings. The summed E-state index contributed by atoms with van der Waals surface area (Å²) in [5.74, 6) is -0.241. The van der Waals surface area contributed by atoms with Gasteiger partial charge in [0.1, 0.15) is 0 Å². The lowest BCUT2D eigenvalue weighted by Crippen LogP contribution is -2.38. The summed E-state index contributed by atoms with van der Waals surface area (Å²) in [7, 11) is 0. The number of non-ortho nitro benzene ring substituents is 1. The Kier molecular flexibility index (Phi) is 5.64. The van der Waals surface area contributed by atoms with Crippen molar-refractivity contribution in [1.29, 1.82) is 0 Å². The van der Waals surface area contributed by atoms with E-state index in [1.807, 2.05) is 13.8 Å². The van der Waals surface area contributed by atoms with Gasteiger partial charge in [-0.3, -0.25) is 14.9 Å². The van der Waals surface area contributed by atoms with E-state index in [2.05, 4.69) is 0 Å². The highest BCUT2D eigenvalue weighted by Crippen LogP contribution is 2.20. The first-order valence-electron chi connectivity index (χ1n) is 6.55. The zero-order chi connectivity index (χ0) is 15.3. The van der Waals surface area contributed by atoms with Crippen LogP contribution in [-0.4, -0.2) is 40.0 Å². The lowest BCUT2D eigenvalue weighted by atomic mass is 10.1. The largest absolute Gasteiger partial charge is 0.396 e. The van der Waals surface area contributed by atoms with E-state index < -0.39 is 4.92 Å². The van der Waals surface area contributed by atoms with Crippen molar-refractivity contribution < 1.29 is 14.8 Å². The first-order chi connectivity index (χ1) is 9.38. The molecule has 0 saturated carbocycles. The minimum atomic E-state index is -0.510. The number of amides is 1. The molecule has 20 heavy (non-hydrogen) atoms. The second-order valence-corrected chi connectivity index (χ2v) is 4.93. The molecule has 0 aromatic heterocycles. The van der Waals surface area contributed by atoms with Crippen LogP contribution in [0.1, 0.15) is 36.2 Å². The molecular weight excluding hydrogens is 260 g/mol. The number of nitro benzene ring substituents is 1. The second-order valence-electron chi connectivity index (χ2n) is 4.93. The molecule has 0 aliphatic carbocycles. The molecule has 0 spiro atoms. The van der Waals surface area contributed by atoms with E-state index in [1.165, 1.54) is 12.1 Å². The van der Waals surface area contributed by atoms with Gasteiger partial charge in [0.15, 0.2) is 0 Å². The molecule has 1 amide bonds. The summed E-state index contributed by atoms with van der Waals surface area (Å²) in [6.07, 6.45) is 0.484. The number of nitro groups is 1. The van der Waals surface area contributed by atoms with Gasteiger partial charge in [-0.05, 0) is 32.8 Å². The van der Waals surface area contributed by atoms with E-state index in [0.717, 1.165) is 0 Å². The monoisotopic (exact) mass is 280 g/mol. The van der Waals surface area contributed by atoms with Crippen molar-refractivity contribution in [2.75, 3.05) is 13.2 Å². The third kappa shape index (κ3) is 3.77. The number of hydrogen-bond donors (Lipinski definition) is 1. The molecule has 6 nitrogen and oxygen atoms in total. The van der Waals surface area contributed by atoms with Crippen LogP contribution in [0.5, 0.6) is 0 Å². The van der Waals surface area contributed by atoms with Crippen molar-refractivity contribution in [3.05, 3.63) is 39.4 Å². The van der Waals surface area contributed by atoms with Crippen molar-refractivity contribution >= 4 is 11.6 Å².